The van der Waals surface area contributed by atoms with Crippen LogP contribution in [0, 0.1) is 11.3 Å². The molecule has 2 aromatic rings. The predicted molar refractivity (Wildman–Crippen MR) is 78.3 cm³/mol. The van der Waals surface area contributed by atoms with Gasteiger partial charge >= 0.3 is 0 Å². The second-order valence-electron chi connectivity index (χ2n) is 3.80. The summed E-state index contributed by atoms with van der Waals surface area (Å²) in [6.07, 6.45) is 0. The van der Waals surface area contributed by atoms with Crippen molar-refractivity contribution in [3.63, 3.8) is 0 Å². The average Bonchev–Trinajstić information content (AvgIpc) is 2.37. The second-order valence-corrected chi connectivity index (χ2v) is 5.16. The van der Waals surface area contributed by atoms with Gasteiger partial charge in [-0.25, -0.2) is 0 Å². The first kappa shape index (κ1) is 13.6. The molecule has 0 atom stereocenters. The largest absolute Gasteiger partial charge is 0.322 e. The summed E-state index contributed by atoms with van der Waals surface area (Å²) in [5, 5.41) is 12.0. The van der Waals surface area contributed by atoms with E-state index in [1.165, 1.54) is 0 Å². The van der Waals surface area contributed by atoms with Crippen molar-refractivity contribution < 1.29 is 4.79 Å². The number of anilines is 1. The van der Waals surface area contributed by atoms with Crippen molar-refractivity contribution in [2.24, 2.45) is 0 Å². The van der Waals surface area contributed by atoms with Gasteiger partial charge in [0.15, 0.2) is 0 Å². The van der Waals surface area contributed by atoms with Gasteiger partial charge in [0.1, 0.15) is 0 Å². The molecule has 1 N–H and O–H groups in total. The first-order valence-corrected chi connectivity index (χ1v) is 6.53. The summed E-state index contributed by atoms with van der Waals surface area (Å²) in [4.78, 5) is 12.0. The summed E-state index contributed by atoms with van der Waals surface area (Å²) >= 11 is 9.17. The number of carbonyl (C=O) groups excluding carboxylic acids is 1. The molecule has 3 nitrogen and oxygen atoms in total. The Balaban J connectivity index is 2.23. The zero-order valence-electron chi connectivity index (χ0n) is 9.65. The SMILES string of the molecule is N#Cc1cccc(NC(=O)c2cc(Cl)cc(Br)c2)c1. The third-order valence-corrected chi connectivity index (χ3v) is 3.05. The molecule has 19 heavy (non-hydrogen) atoms. The van der Waals surface area contributed by atoms with Gasteiger partial charge in [-0.15, -0.1) is 0 Å². The van der Waals surface area contributed by atoms with Crippen molar-refractivity contribution in [2.75, 3.05) is 5.32 Å². The summed E-state index contributed by atoms with van der Waals surface area (Å²) in [6, 6.07) is 13.7. The fourth-order valence-corrected chi connectivity index (χ4v) is 2.41. The third kappa shape index (κ3) is 3.57. The van der Waals surface area contributed by atoms with E-state index < -0.39 is 0 Å². The van der Waals surface area contributed by atoms with Crippen LogP contribution in [0.4, 0.5) is 5.69 Å². The van der Waals surface area contributed by atoms with E-state index in [1.807, 2.05) is 6.07 Å². The molecule has 0 radical (unpaired) electrons. The molecule has 0 aliphatic carbocycles. The van der Waals surface area contributed by atoms with E-state index in [-0.39, 0.29) is 5.91 Å². The number of rotatable bonds is 2. The van der Waals surface area contributed by atoms with E-state index in [9.17, 15) is 4.79 Å². The fourth-order valence-electron chi connectivity index (χ4n) is 1.55. The van der Waals surface area contributed by atoms with Crippen LogP contribution in [0.25, 0.3) is 0 Å². The monoisotopic (exact) mass is 334 g/mol. The Kier molecular flexibility index (Phi) is 4.20. The van der Waals surface area contributed by atoms with Gasteiger partial charge in [0.05, 0.1) is 11.6 Å². The lowest BCUT2D eigenvalue weighted by Gasteiger charge is -2.06. The first-order valence-electron chi connectivity index (χ1n) is 5.36. The normalized spacial score (nSPS) is 9.74. The molecule has 2 aromatic carbocycles. The Bertz CT molecular complexity index is 659. The minimum absolute atomic E-state index is 0.279. The number of halogens is 2. The predicted octanol–water partition coefficient (Wildman–Crippen LogP) is 4.23. The molecule has 2 rings (SSSR count). The molecule has 0 bridgehead atoms. The minimum atomic E-state index is -0.279. The lowest BCUT2D eigenvalue weighted by Crippen LogP contribution is -2.11. The molecule has 94 valence electrons. The Hall–Kier alpha value is -1.83. The molecule has 5 heteroatoms. The van der Waals surface area contributed by atoms with Crippen molar-refractivity contribution in [1.82, 2.24) is 0 Å². The van der Waals surface area contributed by atoms with Crippen LogP contribution in [0.1, 0.15) is 15.9 Å². The molecule has 0 unspecified atom stereocenters. The maximum absolute atomic E-state index is 12.0. The van der Waals surface area contributed by atoms with Gasteiger partial charge in [0.25, 0.3) is 5.91 Å². The molecular formula is C14H8BrClN2O. The van der Waals surface area contributed by atoms with Gasteiger partial charge in [0, 0.05) is 20.7 Å². The van der Waals surface area contributed by atoms with Crippen LogP contribution < -0.4 is 5.32 Å². The topological polar surface area (TPSA) is 52.9 Å². The number of nitriles is 1. The van der Waals surface area contributed by atoms with Crippen molar-refractivity contribution in [3.05, 3.63) is 63.1 Å². The zero-order valence-corrected chi connectivity index (χ0v) is 12.0. The molecule has 0 fully saturated rings. The molecule has 0 heterocycles. The van der Waals surface area contributed by atoms with E-state index in [4.69, 9.17) is 16.9 Å². The maximum Gasteiger partial charge on any atom is 0.255 e. The highest BCUT2D eigenvalue weighted by Crippen LogP contribution is 2.20. The summed E-state index contributed by atoms with van der Waals surface area (Å²) < 4.78 is 0.732. The number of amides is 1. The van der Waals surface area contributed by atoms with Crippen LogP contribution in [0.3, 0.4) is 0 Å². The number of nitrogens with one attached hydrogen (secondary N) is 1. The van der Waals surface area contributed by atoms with Gasteiger partial charge in [-0.3, -0.25) is 4.79 Å². The lowest BCUT2D eigenvalue weighted by molar-refractivity contribution is 0.102. The standard InChI is InChI=1S/C14H8BrClN2O/c15-11-5-10(6-12(16)7-11)14(19)18-13-3-1-2-9(4-13)8-17/h1-7H,(H,18,19). The molecule has 0 aromatic heterocycles. The first-order chi connectivity index (χ1) is 9.08. The number of hydrogen-bond acceptors (Lipinski definition) is 2. The van der Waals surface area contributed by atoms with Crippen LogP contribution in [0.5, 0.6) is 0 Å². The lowest BCUT2D eigenvalue weighted by atomic mass is 10.2. The quantitative estimate of drug-likeness (QED) is 0.893. The van der Waals surface area contributed by atoms with Gasteiger partial charge in [0.2, 0.25) is 0 Å². The molecule has 0 spiro atoms. The highest BCUT2D eigenvalue weighted by molar-refractivity contribution is 9.10. The summed E-state index contributed by atoms with van der Waals surface area (Å²) in [6.45, 7) is 0. The fraction of sp³-hybridized carbons (Fsp3) is 0. The van der Waals surface area contributed by atoms with Gasteiger partial charge in [-0.05, 0) is 36.4 Å². The molecule has 0 saturated carbocycles. The van der Waals surface area contributed by atoms with Crippen LogP contribution >= 0.6 is 27.5 Å². The third-order valence-electron chi connectivity index (χ3n) is 2.37. The number of benzene rings is 2. The van der Waals surface area contributed by atoms with Crippen LogP contribution in [0.15, 0.2) is 46.9 Å². The Morgan fingerprint density at radius 3 is 2.74 bits per heavy atom. The second kappa shape index (κ2) is 5.87. The minimum Gasteiger partial charge on any atom is -0.322 e. The Morgan fingerprint density at radius 1 is 1.26 bits per heavy atom. The highest BCUT2D eigenvalue weighted by atomic mass is 79.9. The summed E-state index contributed by atoms with van der Waals surface area (Å²) in [5.41, 5.74) is 1.51. The van der Waals surface area contributed by atoms with E-state index in [1.54, 1.807) is 42.5 Å². The zero-order chi connectivity index (χ0) is 13.8. The van der Waals surface area contributed by atoms with E-state index in [0.717, 1.165) is 4.47 Å². The smallest absolute Gasteiger partial charge is 0.255 e. The maximum atomic E-state index is 12.0. The number of hydrogen-bond donors (Lipinski definition) is 1. The molecule has 0 saturated heterocycles. The van der Waals surface area contributed by atoms with Gasteiger partial charge < -0.3 is 5.32 Å². The molecule has 0 aliphatic rings. The molecular weight excluding hydrogens is 328 g/mol. The summed E-state index contributed by atoms with van der Waals surface area (Å²) in [7, 11) is 0. The van der Waals surface area contributed by atoms with Gasteiger partial charge in [-0.2, -0.15) is 5.26 Å². The number of nitrogens with zero attached hydrogens (tertiary/aromatic N) is 1. The van der Waals surface area contributed by atoms with Crippen molar-refractivity contribution >= 4 is 39.1 Å². The van der Waals surface area contributed by atoms with E-state index >= 15 is 0 Å². The van der Waals surface area contributed by atoms with Crippen LogP contribution in [0.2, 0.25) is 5.02 Å². The van der Waals surface area contributed by atoms with Crippen molar-refractivity contribution in [2.45, 2.75) is 0 Å². The summed E-state index contributed by atoms with van der Waals surface area (Å²) in [5.74, 6) is -0.279. The molecule has 0 aliphatic heterocycles. The highest BCUT2D eigenvalue weighted by Gasteiger charge is 2.08. The van der Waals surface area contributed by atoms with E-state index in [0.29, 0.717) is 21.8 Å². The van der Waals surface area contributed by atoms with Gasteiger partial charge in [-0.1, -0.05) is 33.6 Å². The average molecular weight is 336 g/mol. The van der Waals surface area contributed by atoms with E-state index in [2.05, 4.69) is 21.2 Å². The Labute approximate surface area is 123 Å². The molecule has 1 amide bonds. The van der Waals surface area contributed by atoms with Crippen molar-refractivity contribution in [1.29, 1.82) is 5.26 Å². The number of carbonyl (C=O) groups is 1. The van der Waals surface area contributed by atoms with Crippen molar-refractivity contribution in [3.8, 4) is 6.07 Å². The van der Waals surface area contributed by atoms with Crippen LogP contribution in [-0.2, 0) is 0 Å². The Morgan fingerprint density at radius 2 is 2.05 bits per heavy atom. The van der Waals surface area contributed by atoms with Crippen LogP contribution in [-0.4, -0.2) is 5.91 Å².